The highest BCUT2D eigenvalue weighted by Gasteiger charge is 2.47. The largest absolute Gasteiger partial charge is 0.454 e. The summed E-state index contributed by atoms with van der Waals surface area (Å²) in [5.41, 5.74) is 0. The number of aliphatic hydroxyl groups is 5. The Morgan fingerprint density at radius 2 is 0.767 bits per heavy atom. The monoisotopic (exact) mass is 1220 g/mol. The van der Waals surface area contributed by atoms with Crippen LogP contribution < -0.4 is 5.32 Å². The minimum atomic E-state index is -1.61. The number of allylic oxidation sites excluding steroid dienone is 3. The fraction of sp³-hybridized carbons (Fsp3) is 0.920. The van der Waals surface area contributed by atoms with E-state index in [9.17, 15) is 35.1 Å². The molecule has 1 heterocycles. The highest BCUT2D eigenvalue weighted by molar-refractivity contribution is 5.80. The Kier molecular flexibility index (Phi) is 60.5. The van der Waals surface area contributed by atoms with Crippen molar-refractivity contribution in [1.82, 2.24) is 5.32 Å². The van der Waals surface area contributed by atoms with Gasteiger partial charge < -0.3 is 45.1 Å². The number of hydrogen-bond acceptors (Lipinski definition) is 10. The Morgan fingerprint density at radius 3 is 1.13 bits per heavy atom. The molecule has 1 aliphatic heterocycles. The zero-order chi connectivity index (χ0) is 62.4. The van der Waals surface area contributed by atoms with Crippen LogP contribution in [-0.4, -0.2) is 99.6 Å². The first kappa shape index (κ1) is 82.2. The summed E-state index contributed by atoms with van der Waals surface area (Å²) in [7, 11) is 0. The first-order valence-electron chi connectivity index (χ1n) is 37.6. The van der Waals surface area contributed by atoms with E-state index in [4.69, 9.17) is 14.2 Å². The number of aliphatic hydroxyl groups excluding tert-OH is 5. The highest BCUT2D eigenvalue weighted by Crippen LogP contribution is 2.27. The lowest BCUT2D eigenvalue weighted by Crippen LogP contribution is -2.61. The molecule has 0 radical (unpaired) electrons. The molecule has 0 aromatic carbocycles. The number of hydrogen-bond donors (Lipinski definition) is 6. The van der Waals surface area contributed by atoms with E-state index in [0.29, 0.717) is 19.3 Å². The van der Waals surface area contributed by atoms with Crippen LogP contribution in [0.1, 0.15) is 380 Å². The molecule has 1 aliphatic rings. The summed E-state index contributed by atoms with van der Waals surface area (Å²) in [6.45, 7) is 5.86. The van der Waals surface area contributed by atoms with Crippen LogP contribution in [0.4, 0.5) is 0 Å². The van der Waals surface area contributed by atoms with Gasteiger partial charge >= 0.3 is 5.97 Å². The van der Waals surface area contributed by atoms with Crippen molar-refractivity contribution >= 4 is 11.9 Å². The number of esters is 1. The summed E-state index contributed by atoms with van der Waals surface area (Å²) >= 11 is 0. The summed E-state index contributed by atoms with van der Waals surface area (Å²) in [5, 5.41) is 57.3. The third-order valence-corrected chi connectivity index (χ3v) is 18.1. The van der Waals surface area contributed by atoms with Crippen molar-refractivity contribution in [2.24, 2.45) is 0 Å². The molecule has 0 aromatic heterocycles. The maximum absolute atomic E-state index is 13.5. The third-order valence-electron chi connectivity index (χ3n) is 18.1. The van der Waals surface area contributed by atoms with E-state index in [0.717, 1.165) is 57.8 Å². The summed E-state index contributed by atoms with van der Waals surface area (Å²) in [6.07, 6.45) is 66.6. The van der Waals surface area contributed by atoms with E-state index < -0.39 is 67.4 Å². The van der Waals surface area contributed by atoms with Gasteiger partial charge in [-0.2, -0.15) is 0 Å². The van der Waals surface area contributed by atoms with Gasteiger partial charge in [-0.1, -0.05) is 347 Å². The summed E-state index contributed by atoms with van der Waals surface area (Å²) in [6, 6.07) is -1.02. The van der Waals surface area contributed by atoms with E-state index in [1.54, 1.807) is 6.08 Å². The van der Waals surface area contributed by atoms with Crippen LogP contribution in [0.25, 0.3) is 0 Å². The minimum Gasteiger partial charge on any atom is -0.454 e. The molecule has 8 atom stereocenters. The smallest absolute Gasteiger partial charge is 0.306 e. The second kappa shape index (κ2) is 63.3. The highest BCUT2D eigenvalue weighted by atomic mass is 16.7. The van der Waals surface area contributed by atoms with Crippen LogP contribution in [-0.2, 0) is 23.8 Å². The van der Waals surface area contributed by atoms with Gasteiger partial charge in [0.1, 0.15) is 24.4 Å². The molecule has 0 aliphatic carbocycles. The maximum Gasteiger partial charge on any atom is 0.306 e. The second-order valence-corrected chi connectivity index (χ2v) is 26.4. The van der Waals surface area contributed by atoms with Crippen LogP contribution in [0.15, 0.2) is 24.3 Å². The number of ether oxygens (including phenoxy) is 3. The molecule has 1 rings (SSSR count). The molecule has 0 aromatic rings. The van der Waals surface area contributed by atoms with E-state index >= 15 is 0 Å². The van der Waals surface area contributed by atoms with E-state index in [1.165, 1.54) is 276 Å². The predicted octanol–water partition coefficient (Wildman–Crippen LogP) is 19.6. The molecular weight excluding hydrogens is 1070 g/mol. The van der Waals surface area contributed by atoms with Gasteiger partial charge in [0, 0.05) is 6.42 Å². The van der Waals surface area contributed by atoms with Gasteiger partial charge in [0.05, 0.1) is 25.4 Å². The van der Waals surface area contributed by atoms with Crippen molar-refractivity contribution < 1.29 is 49.3 Å². The van der Waals surface area contributed by atoms with Gasteiger partial charge in [0.25, 0.3) is 0 Å². The minimum absolute atomic E-state index is 0.127. The SMILES string of the molecule is CCCCCCCC/C=C/CCCCCCCCCCCCCC(=O)OC1C(OCC(NC(=O)C(O)CCCCCCCCCCCCCCCCCCCCCCCCCC)C(O)/C=C/CCCCCCCCCCCC)OC(CO)C(O)C1O. The van der Waals surface area contributed by atoms with E-state index in [1.807, 2.05) is 6.08 Å². The Morgan fingerprint density at radius 1 is 0.442 bits per heavy atom. The molecule has 1 saturated heterocycles. The zero-order valence-electron chi connectivity index (χ0n) is 56.7. The molecule has 1 fully saturated rings. The van der Waals surface area contributed by atoms with Gasteiger partial charge in [-0.3, -0.25) is 9.59 Å². The van der Waals surface area contributed by atoms with Crippen molar-refractivity contribution in [2.45, 2.75) is 429 Å². The summed E-state index contributed by atoms with van der Waals surface area (Å²) in [4.78, 5) is 26.7. The van der Waals surface area contributed by atoms with Gasteiger partial charge in [0.15, 0.2) is 12.4 Å². The average Bonchev–Trinajstić information content (AvgIpc) is 3.38. The fourth-order valence-corrected chi connectivity index (χ4v) is 12.2. The first-order chi connectivity index (χ1) is 42.2. The van der Waals surface area contributed by atoms with Gasteiger partial charge in [-0.15, -0.1) is 0 Å². The normalized spacial score (nSPS) is 18.3. The number of amides is 1. The topological polar surface area (TPSA) is 175 Å². The zero-order valence-corrected chi connectivity index (χ0v) is 56.7. The van der Waals surface area contributed by atoms with Gasteiger partial charge in [0.2, 0.25) is 5.91 Å². The van der Waals surface area contributed by atoms with Crippen molar-refractivity contribution in [3.8, 4) is 0 Å². The molecule has 6 N–H and O–H groups in total. The predicted molar refractivity (Wildman–Crippen MR) is 361 cm³/mol. The Labute approximate surface area is 531 Å². The molecule has 508 valence electrons. The Balaban J connectivity index is 2.53. The lowest BCUT2D eigenvalue weighted by molar-refractivity contribution is -0.305. The van der Waals surface area contributed by atoms with Crippen molar-refractivity contribution in [3.05, 3.63) is 24.3 Å². The standard InChI is InChI=1S/C75H143NO10/c1-4-7-10-13-16-19-22-25-27-29-31-33-34-35-37-38-40-42-44-47-50-53-56-59-62-68(79)74(83)76-66(67(78)61-58-55-52-49-46-24-21-18-15-12-9-6-3)65-84-75-73(72(82)71(81)69(64-77)85-75)86-70(80)63-60-57-54-51-48-45-43-41-39-36-32-30-28-26-23-20-17-14-11-8-5-2/h26,28,58,61,66-69,71-73,75,77-79,81-82H,4-25,27,29-57,59-60,62-65H2,1-3H3,(H,76,83)/b28-26+,61-58+. The number of carbonyl (C=O) groups excluding carboxylic acids is 2. The number of unbranched alkanes of at least 4 members (excludes halogenated alkanes) is 50. The average molecular weight is 1220 g/mol. The lowest BCUT2D eigenvalue weighted by atomic mass is 9.99. The quantitative estimate of drug-likeness (QED) is 0.0195. The first-order valence-corrected chi connectivity index (χ1v) is 37.6. The number of carbonyl (C=O) groups is 2. The van der Waals surface area contributed by atoms with Crippen LogP contribution in [0, 0.1) is 0 Å². The van der Waals surface area contributed by atoms with Crippen LogP contribution >= 0.6 is 0 Å². The second-order valence-electron chi connectivity index (χ2n) is 26.4. The molecule has 0 spiro atoms. The van der Waals surface area contributed by atoms with Crippen LogP contribution in [0.3, 0.4) is 0 Å². The molecule has 0 bridgehead atoms. The molecule has 0 saturated carbocycles. The molecule has 11 heteroatoms. The van der Waals surface area contributed by atoms with E-state index in [-0.39, 0.29) is 13.0 Å². The van der Waals surface area contributed by atoms with Crippen LogP contribution in [0.2, 0.25) is 0 Å². The molecule has 11 nitrogen and oxygen atoms in total. The molecular formula is C75H143NO10. The molecule has 8 unspecified atom stereocenters. The number of rotatable bonds is 66. The lowest BCUT2D eigenvalue weighted by Gasteiger charge is -2.41. The van der Waals surface area contributed by atoms with Gasteiger partial charge in [-0.05, 0) is 51.4 Å². The van der Waals surface area contributed by atoms with Crippen molar-refractivity contribution in [2.75, 3.05) is 13.2 Å². The summed E-state index contributed by atoms with van der Waals surface area (Å²) < 4.78 is 17.7. The van der Waals surface area contributed by atoms with E-state index in [2.05, 4.69) is 38.2 Å². The Bertz CT molecular complexity index is 1500. The Hall–Kier alpha value is -1.86. The summed E-state index contributed by atoms with van der Waals surface area (Å²) in [5.74, 6) is -1.17. The van der Waals surface area contributed by atoms with Crippen molar-refractivity contribution in [1.29, 1.82) is 0 Å². The molecule has 1 amide bonds. The molecule has 86 heavy (non-hydrogen) atoms. The third kappa shape index (κ3) is 49.9. The van der Waals surface area contributed by atoms with Crippen LogP contribution in [0.5, 0.6) is 0 Å². The number of nitrogens with one attached hydrogen (secondary N) is 1. The maximum atomic E-state index is 13.5. The van der Waals surface area contributed by atoms with Crippen molar-refractivity contribution in [3.63, 3.8) is 0 Å². The van der Waals surface area contributed by atoms with Gasteiger partial charge in [-0.25, -0.2) is 0 Å². The fourth-order valence-electron chi connectivity index (χ4n) is 12.2.